The highest BCUT2D eigenvalue weighted by molar-refractivity contribution is 6.17. The standard InChI is InChI=1S/C28H24ClN5O4/c1-36-25-13-20-21(14-22(25)31-12-4-11-29)32-16-17(15-30)26(20)33-18-7-9-19(10-8-18)37-23-5-2-3-6-24(23)38-28-27(35)34-28/h2-3,5-10,13-14,16,28,31H,4,11-12H2,1H3,(H,32,33)(H,34,35)/t28-/m1/s1. The predicted octanol–water partition coefficient (Wildman–Crippen LogP) is 5.53. The Balaban J connectivity index is 1.38. The van der Waals surface area contributed by atoms with E-state index in [1.165, 1.54) is 0 Å². The molecular weight excluding hydrogens is 506 g/mol. The highest BCUT2D eigenvalue weighted by Gasteiger charge is 2.36. The normalized spacial score (nSPS) is 13.8. The number of pyridine rings is 1. The minimum absolute atomic E-state index is 0.160. The lowest BCUT2D eigenvalue weighted by molar-refractivity contribution is -0.112. The van der Waals surface area contributed by atoms with Gasteiger partial charge >= 0.3 is 0 Å². The van der Waals surface area contributed by atoms with Crippen molar-refractivity contribution in [3.8, 4) is 29.1 Å². The maximum atomic E-state index is 11.3. The van der Waals surface area contributed by atoms with Crippen LogP contribution in [0.5, 0.6) is 23.0 Å². The third-order valence-electron chi connectivity index (χ3n) is 5.81. The number of ether oxygens (including phenoxy) is 3. The highest BCUT2D eigenvalue weighted by atomic mass is 35.5. The Morgan fingerprint density at radius 1 is 1.11 bits per heavy atom. The van der Waals surface area contributed by atoms with Gasteiger partial charge in [-0.15, -0.1) is 11.6 Å². The molecule has 5 rings (SSSR count). The number of amides is 1. The van der Waals surface area contributed by atoms with Gasteiger partial charge in [-0.3, -0.25) is 9.78 Å². The molecule has 1 aliphatic heterocycles. The van der Waals surface area contributed by atoms with E-state index in [4.69, 9.17) is 25.8 Å². The molecule has 4 aromatic rings. The molecule has 0 bridgehead atoms. The molecule has 0 aliphatic carbocycles. The highest BCUT2D eigenvalue weighted by Crippen LogP contribution is 2.37. The van der Waals surface area contributed by atoms with Crippen LogP contribution in [-0.4, -0.2) is 36.7 Å². The number of anilines is 3. The Morgan fingerprint density at radius 2 is 1.87 bits per heavy atom. The van der Waals surface area contributed by atoms with Gasteiger partial charge in [-0.05, 0) is 55.0 Å². The quantitative estimate of drug-likeness (QED) is 0.131. The van der Waals surface area contributed by atoms with Crippen molar-refractivity contribution >= 4 is 45.5 Å². The molecule has 1 aliphatic rings. The van der Waals surface area contributed by atoms with Crippen molar-refractivity contribution in [3.05, 3.63) is 72.4 Å². The Kier molecular flexibility index (Phi) is 7.33. The largest absolute Gasteiger partial charge is 0.495 e. The Morgan fingerprint density at radius 3 is 2.55 bits per heavy atom. The predicted molar refractivity (Wildman–Crippen MR) is 146 cm³/mol. The third kappa shape index (κ3) is 5.51. The van der Waals surface area contributed by atoms with Crippen molar-refractivity contribution in [1.82, 2.24) is 10.3 Å². The van der Waals surface area contributed by atoms with Gasteiger partial charge in [0.25, 0.3) is 12.1 Å². The molecule has 0 saturated carbocycles. The average Bonchev–Trinajstić information content (AvgIpc) is 3.64. The van der Waals surface area contributed by atoms with E-state index >= 15 is 0 Å². The van der Waals surface area contributed by atoms with Crippen molar-refractivity contribution in [1.29, 1.82) is 5.26 Å². The summed E-state index contributed by atoms with van der Waals surface area (Å²) in [4.78, 5) is 15.7. The molecule has 1 aromatic heterocycles. The van der Waals surface area contributed by atoms with Gasteiger partial charge in [0.2, 0.25) is 0 Å². The monoisotopic (exact) mass is 529 g/mol. The molecule has 1 fully saturated rings. The molecule has 10 heteroatoms. The maximum Gasteiger partial charge on any atom is 0.285 e. The molecular formula is C28H24ClN5O4. The van der Waals surface area contributed by atoms with Crippen LogP contribution in [0.2, 0.25) is 0 Å². The first kappa shape index (κ1) is 25.0. The van der Waals surface area contributed by atoms with Crippen molar-refractivity contribution in [2.75, 3.05) is 30.2 Å². The number of nitrogens with one attached hydrogen (secondary N) is 3. The number of hydrogen-bond acceptors (Lipinski definition) is 8. The van der Waals surface area contributed by atoms with Gasteiger partial charge in [-0.25, -0.2) is 0 Å². The summed E-state index contributed by atoms with van der Waals surface area (Å²) in [6.45, 7) is 0.702. The second kappa shape index (κ2) is 11.2. The van der Waals surface area contributed by atoms with Gasteiger partial charge in [-0.1, -0.05) is 12.1 Å². The molecule has 0 spiro atoms. The minimum Gasteiger partial charge on any atom is -0.495 e. The number of carbonyl (C=O) groups is 1. The van der Waals surface area contributed by atoms with Crippen LogP contribution in [-0.2, 0) is 4.79 Å². The van der Waals surface area contributed by atoms with Gasteiger partial charge in [-0.2, -0.15) is 5.26 Å². The zero-order valence-electron chi connectivity index (χ0n) is 20.5. The second-order valence-corrected chi connectivity index (χ2v) is 8.78. The molecule has 38 heavy (non-hydrogen) atoms. The summed E-state index contributed by atoms with van der Waals surface area (Å²) < 4.78 is 17.2. The van der Waals surface area contributed by atoms with Crippen LogP contribution in [0.25, 0.3) is 10.9 Å². The molecule has 9 nitrogen and oxygen atoms in total. The summed E-state index contributed by atoms with van der Waals surface area (Å²) in [5, 5.41) is 19.8. The van der Waals surface area contributed by atoms with Gasteiger partial charge in [0.1, 0.15) is 17.6 Å². The summed E-state index contributed by atoms with van der Waals surface area (Å²) in [5.74, 6) is 2.57. The van der Waals surface area contributed by atoms with Gasteiger partial charge in [0.15, 0.2) is 11.5 Å². The van der Waals surface area contributed by atoms with E-state index in [9.17, 15) is 10.1 Å². The van der Waals surface area contributed by atoms with Crippen LogP contribution in [0.3, 0.4) is 0 Å². The number of fused-ring (bicyclic) bond motifs is 1. The van der Waals surface area contributed by atoms with Crippen molar-refractivity contribution in [2.24, 2.45) is 0 Å². The SMILES string of the molecule is COc1cc2c(Nc3ccc(Oc4ccccc4O[C@H]4NC4=O)cc3)c(C#N)cnc2cc1NCCCCl. The molecule has 0 radical (unpaired) electrons. The lowest BCUT2D eigenvalue weighted by atomic mass is 10.1. The minimum atomic E-state index is -0.632. The molecule has 1 atom stereocenters. The van der Waals surface area contributed by atoms with Crippen molar-refractivity contribution < 1.29 is 19.0 Å². The van der Waals surface area contributed by atoms with E-state index in [1.807, 2.05) is 36.4 Å². The number of para-hydroxylation sites is 2. The molecule has 1 amide bonds. The topological polar surface area (TPSA) is 127 Å². The van der Waals surface area contributed by atoms with Crippen LogP contribution >= 0.6 is 11.6 Å². The molecule has 192 valence electrons. The van der Waals surface area contributed by atoms with Crippen LogP contribution in [0.15, 0.2) is 66.9 Å². The second-order valence-electron chi connectivity index (χ2n) is 8.40. The number of nitriles is 1. The number of halogens is 1. The fourth-order valence-corrected chi connectivity index (χ4v) is 3.98. The van der Waals surface area contributed by atoms with Crippen LogP contribution < -0.4 is 30.2 Å². The number of benzene rings is 3. The van der Waals surface area contributed by atoms with Gasteiger partial charge in [0.05, 0.1) is 29.6 Å². The number of rotatable bonds is 11. The Labute approximate surface area is 224 Å². The van der Waals surface area contributed by atoms with Crippen LogP contribution in [0.1, 0.15) is 12.0 Å². The lowest BCUT2D eigenvalue weighted by Gasteiger charge is -2.16. The van der Waals surface area contributed by atoms with E-state index in [-0.39, 0.29) is 5.91 Å². The van der Waals surface area contributed by atoms with E-state index in [1.54, 1.807) is 37.6 Å². The van der Waals surface area contributed by atoms with Gasteiger partial charge < -0.3 is 30.2 Å². The number of hydrogen-bond donors (Lipinski definition) is 3. The summed E-state index contributed by atoms with van der Waals surface area (Å²) >= 11 is 5.80. The summed E-state index contributed by atoms with van der Waals surface area (Å²) in [6, 6.07) is 20.4. The third-order valence-corrected chi connectivity index (χ3v) is 6.08. The first-order valence-corrected chi connectivity index (χ1v) is 12.4. The average molecular weight is 530 g/mol. The summed E-state index contributed by atoms with van der Waals surface area (Å²) in [5.41, 5.74) is 3.29. The molecule has 0 unspecified atom stereocenters. The number of alkyl halides is 1. The van der Waals surface area contributed by atoms with E-state index in [0.717, 1.165) is 23.2 Å². The van der Waals surface area contributed by atoms with E-state index < -0.39 is 6.23 Å². The van der Waals surface area contributed by atoms with E-state index in [2.05, 4.69) is 27.0 Å². The number of nitrogens with zero attached hydrogens (tertiary/aromatic N) is 2. The Bertz CT molecular complexity index is 1520. The fraction of sp³-hybridized carbons (Fsp3) is 0.179. The summed E-state index contributed by atoms with van der Waals surface area (Å²) in [6.07, 6.45) is 1.73. The van der Waals surface area contributed by atoms with Crippen LogP contribution in [0.4, 0.5) is 17.1 Å². The lowest BCUT2D eigenvalue weighted by Crippen LogP contribution is -2.04. The molecule has 1 saturated heterocycles. The first-order valence-electron chi connectivity index (χ1n) is 11.9. The number of carbonyl (C=O) groups excluding carboxylic acids is 1. The fourth-order valence-electron chi connectivity index (χ4n) is 3.84. The number of aromatic nitrogens is 1. The first-order chi connectivity index (χ1) is 18.6. The zero-order chi connectivity index (χ0) is 26.5. The summed E-state index contributed by atoms with van der Waals surface area (Å²) in [7, 11) is 1.60. The van der Waals surface area contributed by atoms with Crippen molar-refractivity contribution in [2.45, 2.75) is 12.6 Å². The zero-order valence-corrected chi connectivity index (χ0v) is 21.2. The maximum absolute atomic E-state index is 11.3. The van der Waals surface area contributed by atoms with Crippen molar-refractivity contribution in [3.63, 3.8) is 0 Å². The van der Waals surface area contributed by atoms with Gasteiger partial charge in [0, 0.05) is 29.7 Å². The molecule has 3 N–H and O–H groups in total. The van der Waals surface area contributed by atoms with Crippen LogP contribution in [0, 0.1) is 11.3 Å². The number of methoxy groups -OCH3 is 1. The molecule has 3 aromatic carbocycles. The Hall–Kier alpha value is -4.68. The van der Waals surface area contributed by atoms with E-state index in [0.29, 0.717) is 52.2 Å². The molecule has 2 heterocycles. The smallest absolute Gasteiger partial charge is 0.285 e.